The minimum absolute atomic E-state index is 0.252. The average molecular weight is 238 g/mol. The first-order valence-electron chi connectivity index (χ1n) is 4.89. The lowest BCUT2D eigenvalue weighted by Gasteiger charge is -2.12. The zero-order valence-corrected chi connectivity index (χ0v) is 9.14. The lowest BCUT2D eigenvalue weighted by atomic mass is 9.96. The van der Waals surface area contributed by atoms with Crippen LogP contribution in [0.3, 0.4) is 0 Å². The Morgan fingerprint density at radius 1 is 1.24 bits per heavy atom. The molecule has 0 bridgehead atoms. The molecule has 1 rings (SSSR count). The molecular weight excluding hydrogens is 227 g/mol. The SMILES string of the molecule is CC(F)(C(=O)O)C(=O)CC(=O)c1ccccc1. The number of ketones is 2. The number of carboxylic acids is 1. The lowest BCUT2D eigenvalue weighted by molar-refractivity contribution is -0.155. The molecule has 4 nitrogen and oxygen atoms in total. The highest BCUT2D eigenvalue weighted by Crippen LogP contribution is 2.16. The molecular formula is C12H11FO4. The molecule has 90 valence electrons. The number of Topliss-reactive ketones (excluding diaryl/α,β-unsaturated/α-hetero) is 2. The maximum atomic E-state index is 13.4. The minimum Gasteiger partial charge on any atom is -0.479 e. The standard InChI is InChI=1S/C12H11FO4/c1-12(13,11(16)17)10(15)7-9(14)8-5-3-2-4-6-8/h2-6H,7H2,1H3,(H,16,17). The van der Waals surface area contributed by atoms with Crippen molar-refractivity contribution in [2.24, 2.45) is 0 Å². The Labute approximate surface area is 97.1 Å². The summed E-state index contributed by atoms with van der Waals surface area (Å²) >= 11 is 0. The van der Waals surface area contributed by atoms with Crippen LogP contribution in [0.5, 0.6) is 0 Å². The normalized spacial score (nSPS) is 13.8. The first-order valence-corrected chi connectivity index (χ1v) is 4.89. The van der Waals surface area contributed by atoms with E-state index >= 15 is 0 Å². The predicted molar refractivity (Wildman–Crippen MR) is 57.5 cm³/mol. The fourth-order valence-electron chi connectivity index (χ4n) is 1.16. The monoisotopic (exact) mass is 238 g/mol. The van der Waals surface area contributed by atoms with Gasteiger partial charge in [0.05, 0.1) is 6.42 Å². The minimum atomic E-state index is -3.02. The molecule has 0 radical (unpaired) electrons. The summed E-state index contributed by atoms with van der Waals surface area (Å²) in [5.74, 6) is -3.73. The number of benzene rings is 1. The van der Waals surface area contributed by atoms with E-state index in [9.17, 15) is 18.8 Å². The second-order valence-corrected chi connectivity index (χ2v) is 3.70. The van der Waals surface area contributed by atoms with Gasteiger partial charge in [-0.1, -0.05) is 30.3 Å². The van der Waals surface area contributed by atoms with E-state index in [0.717, 1.165) is 0 Å². The molecule has 1 aromatic rings. The number of rotatable bonds is 5. The van der Waals surface area contributed by atoms with Crippen molar-refractivity contribution in [2.75, 3.05) is 0 Å². The fourth-order valence-corrected chi connectivity index (χ4v) is 1.16. The van der Waals surface area contributed by atoms with Gasteiger partial charge in [-0.05, 0) is 6.92 Å². The summed E-state index contributed by atoms with van der Waals surface area (Å²) in [6.45, 7) is 0.635. The lowest BCUT2D eigenvalue weighted by Crippen LogP contribution is -2.40. The van der Waals surface area contributed by atoms with E-state index in [2.05, 4.69) is 0 Å². The van der Waals surface area contributed by atoms with Crippen molar-refractivity contribution in [3.8, 4) is 0 Å². The maximum Gasteiger partial charge on any atom is 0.349 e. The molecule has 0 aromatic heterocycles. The molecule has 1 atom stereocenters. The van der Waals surface area contributed by atoms with Crippen molar-refractivity contribution < 1.29 is 23.9 Å². The van der Waals surface area contributed by atoms with Gasteiger partial charge in [-0.15, -0.1) is 0 Å². The number of halogens is 1. The van der Waals surface area contributed by atoms with Crippen molar-refractivity contribution in [1.29, 1.82) is 0 Å². The van der Waals surface area contributed by atoms with Gasteiger partial charge >= 0.3 is 5.97 Å². The zero-order chi connectivity index (χ0) is 13.1. The molecule has 0 saturated heterocycles. The second kappa shape index (κ2) is 4.86. The second-order valence-electron chi connectivity index (χ2n) is 3.70. The molecule has 0 aliphatic heterocycles. The van der Waals surface area contributed by atoms with Gasteiger partial charge in [0.1, 0.15) is 0 Å². The summed E-state index contributed by atoms with van der Waals surface area (Å²) in [5.41, 5.74) is -2.77. The molecule has 0 saturated carbocycles. The molecule has 0 aliphatic carbocycles. The Morgan fingerprint density at radius 3 is 2.24 bits per heavy atom. The van der Waals surface area contributed by atoms with Gasteiger partial charge in [0.15, 0.2) is 11.6 Å². The summed E-state index contributed by atoms with van der Waals surface area (Å²) in [4.78, 5) is 33.3. The summed E-state index contributed by atoms with van der Waals surface area (Å²) in [7, 11) is 0. The molecule has 0 aliphatic rings. The number of hydrogen-bond acceptors (Lipinski definition) is 3. The Hall–Kier alpha value is -2.04. The quantitative estimate of drug-likeness (QED) is 0.625. The first-order chi connectivity index (χ1) is 7.85. The summed E-state index contributed by atoms with van der Waals surface area (Å²) in [6, 6.07) is 7.85. The largest absolute Gasteiger partial charge is 0.479 e. The number of carbonyl (C=O) groups excluding carboxylic acids is 2. The topological polar surface area (TPSA) is 71.4 Å². The zero-order valence-electron chi connectivity index (χ0n) is 9.14. The predicted octanol–water partition coefficient (Wildman–Crippen LogP) is 1.64. The Balaban J connectivity index is 2.77. The first kappa shape index (κ1) is 13.0. The third kappa shape index (κ3) is 2.96. The number of aliphatic carboxylic acids is 1. The van der Waals surface area contributed by atoms with Crippen molar-refractivity contribution in [1.82, 2.24) is 0 Å². The van der Waals surface area contributed by atoms with Gasteiger partial charge in [0.2, 0.25) is 0 Å². The van der Waals surface area contributed by atoms with Gasteiger partial charge < -0.3 is 5.11 Å². The molecule has 0 spiro atoms. The van der Waals surface area contributed by atoms with Crippen LogP contribution in [0.25, 0.3) is 0 Å². The van der Waals surface area contributed by atoms with Gasteiger partial charge in [0.25, 0.3) is 5.67 Å². The van der Waals surface area contributed by atoms with Crippen LogP contribution in [-0.2, 0) is 9.59 Å². The molecule has 1 unspecified atom stereocenters. The fraction of sp³-hybridized carbons (Fsp3) is 0.250. The summed E-state index contributed by atoms with van der Waals surface area (Å²) in [6.07, 6.45) is -0.761. The molecule has 0 heterocycles. The van der Waals surface area contributed by atoms with Crippen molar-refractivity contribution in [3.05, 3.63) is 35.9 Å². The van der Waals surface area contributed by atoms with Crippen molar-refractivity contribution in [2.45, 2.75) is 19.0 Å². The molecule has 5 heteroatoms. The van der Waals surface area contributed by atoms with Gasteiger partial charge in [-0.2, -0.15) is 0 Å². The van der Waals surface area contributed by atoms with Crippen LogP contribution in [0.1, 0.15) is 23.7 Å². The molecule has 1 aromatic carbocycles. The Morgan fingerprint density at radius 2 is 1.76 bits per heavy atom. The van der Waals surface area contributed by atoms with Crippen LogP contribution >= 0.6 is 0 Å². The van der Waals surface area contributed by atoms with Crippen LogP contribution in [0.4, 0.5) is 4.39 Å². The van der Waals surface area contributed by atoms with E-state index < -0.39 is 29.6 Å². The van der Waals surface area contributed by atoms with Gasteiger partial charge in [-0.3, -0.25) is 9.59 Å². The number of hydrogen-bond donors (Lipinski definition) is 1. The Kier molecular flexibility index (Phi) is 3.73. The Bertz CT molecular complexity index is 451. The van der Waals surface area contributed by atoms with Crippen molar-refractivity contribution in [3.63, 3.8) is 0 Å². The van der Waals surface area contributed by atoms with Crippen molar-refractivity contribution >= 4 is 17.5 Å². The number of carboxylic acid groups (broad SMARTS) is 1. The average Bonchev–Trinajstić information content (AvgIpc) is 2.29. The van der Waals surface area contributed by atoms with E-state index in [1.165, 1.54) is 12.1 Å². The van der Waals surface area contributed by atoms with E-state index in [4.69, 9.17) is 5.11 Å². The number of carbonyl (C=O) groups is 3. The highest BCUT2D eigenvalue weighted by Gasteiger charge is 2.41. The highest BCUT2D eigenvalue weighted by atomic mass is 19.1. The van der Waals surface area contributed by atoms with E-state index in [-0.39, 0.29) is 5.56 Å². The third-order valence-electron chi connectivity index (χ3n) is 2.34. The van der Waals surface area contributed by atoms with Crippen LogP contribution in [0.15, 0.2) is 30.3 Å². The summed E-state index contributed by atoms with van der Waals surface area (Å²) in [5, 5.41) is 8.49. The molecule has 0 fully saturated rings. The van der Waals surface area contributed by atoms with Crippen LogP contribution in [0.2, 0.25) is 0 Å². The molecule has 1 N–H and O–H groups in total. The molecule has 0 amide bonds. The van der Waals surface area contributed by atoms with E-state index in [0.29, 0.717) is 6.92 Å². The number of alkyl halides is 1. The van der Waals surface area contributed by atoms with Crippen LogP contribution in [-0.4, -0.2) is 28.3 Å². The molecule has 17 heavy (non-hydrogen) atoms. The van der Waals surface area contributed by atoms with Crippen LogP contribution < -0.4 is 0 Å². The van der Waals surface area contributed by atoms with Gasteiger partial charge in [0, 0.05) is 5.56 Å². The summed E-state index contributed by atoms with van der Waals surface area (Å²) < 4.78 is 13.4. The van der Waals surface area contributed by atoms with Crippen LogP contribution in [0, 0.1) is 0 Å². The smallest absolute Gasteiger partial charge is 0.349 e. The van der Waals surface area contributed by atoms with Gasteiger partial charge in [-0.25, -0.2) is 9.18 Å². The third-order valence-corrected chi connectivity index (χ3v) is 2.34. The highest BCUT2D eigenvalue weighted by molar-refractivity contribution is 6.16. The van der Waals surface area contributed by atoms with E-state index in [1.807, 2.05) is 0 Å². The van der Waals surface area contributed by atoms with E-state index in [1.54, 1.807) is 18.2 Å². The maximum absolute atomic E-state index is 13.4.